The topological polar surface area (TPSA) is 35.0 Å². The molecule has 100 valence electrons. The zero-order chi connectivity index (χ0) is 14.0. The van der Waals surface area contributed by atoms with Crippen LogP contribution in [0.2, 0.25) is 0 Å². The van der Waals surface area contributed by atoms with Crippen LogP contribution in [-0.2, 0) is 0 Å². The molecule has 0 atom stereocenters. The fourth-order valence-corrected chi connectivity index (χ4v) is 2.04. The zero-order valence-electron chi connectivity index (χ0n) is 12.2. The van der Waals surface area contributed by atoms with E-state index in [1.54, 1.807) is 6.20 Å². The Morgan fingerprint density at radius 1 is 1.00 bits per heavy atom. The lowest BCUT2D eigenvalue weighted by atomic mass is 10.00. The second-order valence-corrected chi connectivity index (χ2v) is 5.72. The van der Waals surface area contributed by atoms with Gasteiger partial charge in [0, 0.05) is 5.56 Å². The number of aromatic nitrogens is 2. The molecule has 0 N–H and O–H groups in total. The molecule has 3 nitrogen and oxygen atoms in total. The molecule has 0 spiro atoms. The second-order valence-electron chi connectivity index (χ2n) is 5.72. The average Bonchev–Trinajstić information content (AvgIpc) is 2.28. The molecule has 1 aromatic carbocycles. The summed E-state index contributed by atoms with van der Waals surface area (Å²) in [6.07, 6.45) is 1.72. The highest BCUT2D eigenvalue weighted by Crippen LogP contribution is 2.29. The van der Waals surface area contributed by atoms with Crippen LogP contribution in [0.25, 0.3) is 11.1 Å². The Hall–Kier alpha value is -1.90. The van der Waals surface area contributed by atoms with Gasteiger partial charge in [0.25, 0.3) is 0 Å². The molecule has 0 radical (unpaired) electrons. The van der Waals surface area contributed by atoms with E-state index in [1.807, 2.05) is 39.8 Å². The molecule has 0 bridgehead atoms. The molecule has 0 aliphatic heterocycles. The van der Waals surface area contributed by atoms with Gasteiger partial charge in [-0.15, -0.1) is 0 Å². The average molecular weight is 256 g/mol. The Morgan fingerprint density at radius 2 is 1.74 bits per heavy atom. The first-order valence-corrected chi connectivity index (χ1v) is 6.45. The van der Waals surface area contributed by atoms with Crippen LogP contribution >= 0.6 is 0 Å². The number of aryl methyl sites for hydroxylation is 2. The monoisotopic (exact) mass is 256 g/mol. The molecule has 0 amide bonds. The van der Waals surface area contributed by atoms with Crippen molar-refractivity contribution in [3.8, 4) is 16.9 Å². The summed E-state index contributed by atoms with van der Waals surface area (Å²) in [6.45, 7) is 10.2. The summed E-state index contributed by atoms with van der Waals surface area (Å²) >= 11 is 0. The van der Waals surface area contributed by atoms with E-state index >= 15 is 0 Å². The Morgan fingerprint density at radius 3 is 2.32 bits per heavy atom. The molecule has 19 heavy (non-hydrogen) atoms. The smallest absolute Gasteiger partial charge is 0.120 e. The van der Waals surface area contributed by atoms with Crippen molar-refractivity contribution in [1.82, 2.24) is 10.2 Å². The molecular weight excluding hydrogens is 236 g/mol. The second kappa shape index (κ2) is 5.00. The molecule has 0 unspecified atom stereocenters. The standard InChI is InChI=1S/C16H20N2O/c1-11-10-13(19-16(3,4)5)6-7-14(11)15-8-9-17-18-12(15)2/h6-10H,1-5H3. The van der Waals surface area contributed by atoms with Gasteiger partial charge in [-0.25, -0.2) is 0 Å². The van der Waals surface area contributed by atoms with Crippen LogP contribution in [-0.4, -0.2) is 15.8 Å². The van der Waals surface area contributed by atoms with Crippen molar-refractivity contribution in [2.45, 2.75) is 40.2 Å². The Balaban J connectivity index is 2.38. The minimum absolute atomic E-state index is 0.178. The summed E-state index contributed by atoms with van der Waals surface area (Å²) < 4.78 is 5.88. The normalized spacial score (nSPS) is 11.4. The first kappa shape index (κ1) is 13.5. The maximum absolute atomic E-state index is 5.88. The Kier molecular flexibility index (Phi) is 3.56. The van der Waals surface area contributed by atoms with Gasteiger partial charge < -0.3 is 4.74 Å². The highest BCUT2D eigenvalue weighted by molar-refractivity contribution is 5.69. The summed E-state index contributed by atoms with van der Waals surface area (Å²) in [5, 5.41) is 7.99. The summed E-state index contributed by atoms with van der Waals surface area (Å²) in [7, 11) is 0. The third-order valence-electron chi connectivity index (χ3n) is 2.82. The van der Waals surface area contributed by atoms with Crippen LogP contribution in [0.1, 0.15) is 32.0 Å². The lowest BCUT2D eigenvalue weighted by Crippen LogP contribution is -2.22. The van der Waals surface area contributed by atoms with E-state index in [0.29, 0.717) is 0 Å². The summed E-state index contributed by atoms with van der Waals surface area (Å²) in [6, 6.07) is 8.16. The van der Waals surface area contributed by atoms with E-state index < -0.39 is 0 Å². The predicted octanol–water partition coefficient (Wildman–Crippen LogP) is 3.94. The Labute approximate surface area is 114 Å². The molecule has 2 aromatic rings. The van der Waals surface area contributed by atoms with Crippen LogP contribution in [0.4, 0.5) is 0 Å². The van der Waals surface area contributed by atoms with E-state index in [1.165, 1.54) is 11.1 Å². The highest BCUT2D eigenvalue weighted by atomic mass is 16.5. The maximum atomic E-state index is 5.88. The lowest BCUT2D eigenvalue weighted by Gasteiger charge is -2.22. The number of benzene rings is 1. The quantitative estimate of drug-likeness (QED) is 0.816. The number of hydrogen-bond donors (Lipinski definition) is 0. The van der Waals surface area contributed by atoms with Gasteiger partial charge in [0.15, 0.2) is 0 Å². The van der Waals surface area contributed by atoms with Crippen molar-refractivity contribution in [3.05, 3.63) is 41.7 Å². The number of hydrogen-bond acceptors (Lipinski definition) is 3. The van der Waals surface area contributed by atoms with Crippen molar-refractivity contribution in [3.63, 3.8) is 0 Å². The Bertz CT molecular complexity index is 586. The van der Waals surface area contributed by atoms with Crippen molar-refractivity contribution >= 4 is 0 Å². The van der Waals surface area contributed by atoms with Gasteiger partial charge in [-0.2, -0.15) is 10.2 Å². The van der Waals surface area contributed by atoms with E-state index in [9.17, 15) is 0 Å². The van der Waals surface area contributed by atoms with Crippen molar-refractivity contribution in [1.29, 1.82) is 0 Å². The summed E-state index contributed by atoms with van der Waals surface area (Å²) in [5.41, 5.74) is 4.23. The molecule has 0 aliphatic rings. The largest absolute Gasteiger partial charge is 0.488 e. The van der Waals surface area contributed by atoms with E-state index in [2.05, 4.69) is 29.3 Å². The SMILES string of the molecule is Cc1cc(OC(C)(C)C)ccc1-c1ccnnc1C. The molecule has 0 saturated carbocycles. The van der Waals surface area contributed by atoms with Crippen LogP contribution in [0.3, 0.4) is 0 Å². The van der Waals surface area contributed by atoms with E-state index in [-0.39, 0.29) is 5.60 Å². The molecule has 2 rings (SSSR count). The van der Waals surface area contributed by atoms with Gasteiger partial charge in [-0.1, -0.05) is 6.07 Å². The number of rotatable bonds is 2. The molecule has 0 aliphatic carbocycles. The molecule has 1 heterocycles. The third-order valence-corrected chi connectivity index (χ3v) is 2.82. The van der Waals surface area contributed by atoms with Gasteiger partial charge in [0.2, 0.25) is 0 Å². The first-order chi connectivity index (χ1) is 8.87. The van der Waals surface area contributed by atoms with Gasteiger partial charge in [-0.3, -0.25) is 0 Å². The third kappa shape index (κ3) is 3.31. The molecule has 3 heteroatoms. The number of ether oxygens (including phenoxy) is 1. The van der Waals surface area contributed by atoms with Crippen molar-refractivity contribution in [2.24, 2.45) is 0 Å². The predicted molar refractivity (Wildman–Crippen MR) is 77.3 cm³/mol. The fraction of sp³-hybridized carbons (Fsp3) is 0.375. The molecule has 0 fully saturated rings. The van der Waals surface area contributed by atoms with Crippen LogP contribution in [0, 0.1) is 13.8 Å². The van der Waals surface area contributed by atoms with Crippen LogP contribution < -0.4 is 4.74 Å². The first-order valence-electron chi connectivity index (χ1n) is 6.45. The summed E-state index contributed by atoms with van der Waals surface area (Å²) in [4.78, 5) is 0. The molecule has 0 saturated heterocycles. The fourth-order valence-electron chi connectivity index (χ4n) is 2.04. The van der Waals surface area contributed by atoms with E-state index in [0.717, 1.165) is 17.0 Å². The van der Waals surface area contributed by atoms with Crippen molar-refractivity contribution in [2.75, 3.05) is 0 Å². The van der Waals surface area contributed by atoms with Gasteiger partial charge in [0.1, 0.15) is 11.4 Å². The summed E-state index contributed by atoms with van der Waals surface area (Å²) in [5.74, 6) is 0.897. The minimum Gasteiger partial charge on any atom is -0.488 e. The number of nitrogens with zero attached hydrogens (tertiary/aromatic N) is 2. The van der Waals surface area contributed by atoms with Gasteiger partial charge in [0.05, 0.1) is 11.9 Å². The van der Waals surface area contributed by atoms with Crippen LogP contribution in [0.5, 0.6) is 5.75 Å². The zero-order valence-corrected chi connectivity index (χ0v) is 12.2. The van der Waals surface area contributed by atoms with Crippen LogP contribution in [0.15, 0.2) is 30.5 Å². The van der Waals surface area contributed by atoms with Gasteiger partial charge >= 0.3 is 0 Å². The molecular formula is C16H20N2O. The maximum Gasteiger partial charge on any atom is 0.120 e. The lowest BCUT2D eigenvalue weighted by molar-refractivity contribution is 0.131. The van der Waals surface area contributed by atoms with E-state index in [4.69, 9.17) is 4.74 Å². The van der Waals surface area contributed by atoms with Gasteiger partial charge in [-0.05, 0) is 63.9 Å². The highest BCUT2D eigenvalue weighted by Gasteiger charge is 2.13. The minimum atomic E-state index is -0.178. The van der Waals surface area contributed by atoms with Crippen molar-refractivity contribution < 1.29 is 4.74 Å². The molecule has 1 aromatic heterocycles.